The molecule has 4 N–H and O–H groups in total. The Balaban J connectivity index is 2.65. The number of methoxy groups -OCH3 is 1. The van der Waals surface area contributed by atoms with Crippen LogP contribution in [0.15, 0.2) is 18.2 Å². The highest BCUT2D eigenvalue weighted by atomic mass is 16.6. The van der Waals surface area contributed by atoms with Gasteiger partial charge in [0.1, 0.15) is 29.3 Å². The molecule has 0 aromatic heterocycles. The zero-order chi connectivity index (χ0) is 16.9. The summed E-state index contributed by atoms with van der Waals surface area (Å²) in [5.74, 6) is 0.253. The van der Waals surface area contributed by atoms with Gasteiger partial charge in [-0.3, -0.25) is 0 Å². The first-order chi connectivity index (χ1) is 10.1. The van der Waals surface area contributed by atoms with Crippen molar-refractivity contribution in [2.45, 2.75) is 38.6 Å². The van der Waals surface area contributed by atoms with Gasteiger partial charge in [0, 0.05) is 12.1 Å². The third kappa shape index (κ3) is 5.42. The molecule has 0 aliphatic carbocycles. The Hall–Kier alpha value is -1.99. The van der Waals surface area contributed by atoms with E-state index < -0.39 is 23.9 Å². The predicted molar refractivity (Wildman–Crippen MR) is 79.9 cm³/mol. The van der Waals surface area contributed by atoms with Crippen LogP contribution in [0.5, 0.6) is 11.5 Å². The Labute approximate surface area is 129 Å². The van der Waals surface area contributed by atoms with Gasteiger partial charge in [-0.2, -0.15) is 0 Å². The van der Waals surface area contributed by atoms with Gasteiger partial charge in [0.15, 0.2) is 0 Å². The van der Waals surface area contributed by atoms with Crippen LogP contribution in [-0.4, -0.2) is 46.8 Å². The Bertz CT molecular complexity index is 511. The molecule has 0 saturated heterocycles. The predicted octanol–water partition coefficient (Wildman–Crippen LogP) is 1.32. The number of aliphatic hydroxyl groups is 2. The van der Waals surface area contributed by atoms with Gasteiger partial charge in [-0.05, 0) is 39.0 Å². The summed E-state index contributed by atoms with van der Waals surface area (Å²) in [7, 11) is 1.45. The van der Waals surface area contributed by atoms with Crippen molar-refractivity contribution in [3.05, 3.63) is 23.8 Å². The quantitative estimate of drug-likeness (QED) is 0.653. The van der Waals surface area contributed by atoms with Crippen LogP contribution in [0.3, 0.4) is 0 Å². The number of aliphatic hydroxyl groups excluding tert-OH is 2. The molecule has 0 radical (unpaired) electrons. The lowest BCUT2D eigenvalue weighted by atomic mass is 10.0. The zero-order valence-electron chi connectivity index (χ0n) is 13.2. The minimum Gasteiger partial charge on any atom is -0.508 e. The summed E-state index contributed by atoms with van der Waals surface area (Å²) in [6, 6.07) is 4.29. The molecule has 0 saturated carbocycles. The molecule has 2 atom stereocenters. The first-order valence-corrected chi connectivity index (χ1v) is 6.84. The molecule has 0 fully saturated rings. The number of nitrogens with one attached hydrogen (secondary N) is 1. The summed E-state index contributed by atoms with van der Waals surface area (Å²) in [4.78, 5) is 11.5. The van der Waals surface area contributed by atoms with Crippen molar-refractivity contribution >= 4 is 6.09 Å². The first-order valence-electron chi connectivity index (χ1n) is 6.84. The van der Waals surface area contributed by atoms with Crippen LogP contribution in [-0.2, 0) is 4.74 Å². The number of hydrogen-bond acceptors (Lipinski definition) is 6. The van der Waals surface area contributed by atoms with Crippen LogP contribution in [0.2, 0.25) is 0 Å². The van der Waals surface area contributed by atoms with Gasteiger partial charge in [0.25, 0.3) is 0 Å². The van der Waals surface area contributed by atoms with E-state index in [1.807, 2.05) is 0 Å². The average molecular weight is 313 g/mol. The van der Waals surface area contributed by atoms with Crippen LogP contribution < -0.4 is 10.1 Å². The van der Waals surface area contributed by atoms with Crippen LogP contribution in [0.4, 0.5) is 4.79 Å². The van der Waals surface area contributed by atoms with E-state index >= 15 is 0 Å². The molecule has 0 spiro atoms. The van der Waals surface area contributed by atoms with E-state index in [1.165, 1.54) is 25.3 Å². The molecule has 0 aliphatic rings. The Morgan fingerprint density at radius 2 is 1.95 bits per heavy atom. The van der Waals surface area contributed by atoms with E-state index in [0.29, 0.717) is 5.75 Å². The fourth-order valence-electron chi connectivity index (χ4n) is 1.72. The maximum atomic E-state index is 11.5. The third-order valence-electron chi connectivity index (χ3n) is 2.77. The molecule has 22 heavy (non-hydrogen) atoms. The number of carbonyl (C=O) groups is 1. The lowest BCUT2D eigenvalue weighted by Crippen LogP contribution is -2.38. The van der Waals surface area contributed by atoms with Crippen molar-refractivity contribution in [3.63, 3.8) is 0 Å². The fraction of sp³-hybridized carbons (Fsp3) is 0.533. The van der Waals surface area contributed by atoms with Crippen LogP contribution in [0.25, 0.3) is 0 Å². The number of ether oxygens (including phenoxy) is 2. The summed E-state index contributed by atoms with van der Waals surface area (Å²) in [6.07, 6.45) is -3.40. The van der Waals surface area contributed by atoms with Crippen LogP contribution >= 0.6 is 0 Å². The van der Waals surface area contributed by atoms with Crippen molar-refractivity contribution in [1.82, 2.24) is 5.32 Å². The summed E-state index contributed by atoms with van der Waals surface area (Å²) < 4.78 is 10.0. The second-order valence-corrected chi connectivity index (χ2v) is 5.82. The molecule has 124 valence electrons. The molecule has 7 heteroatoms. The number of amides is 1. The molecular weight excluding hydrogens is 290 g/mol. The highest BCUT2D eigenvalue weighted by molar-refractivity contribution is 5.67. The van der Waals surface area contributed by atoms with Gasteiger partial charge in [-0.25, -0.2) is 4.79 Å². The highest BCUT2D eigenvalue weighted by Gasteiger charge is 2.24. The molecule has 1 aromatic carbocycles. The van der Waals surface area contributed by atoms with Gasteiger partial charge < -0.3 is 30.1 Å². The maximum absolute atomic E-state index is 11.5. The lowest BCUT2D eigenvalue weighted by Gasteiger charge is -2.22. The van der Waals surface area contributed by atoms with Gasteiger partial charge in [-0.1, -0.05) is 0 Å². The average Bonchev–Trinajstić information content (AvgIpc) is 2.42. The monoisotopic (exact) mass is 313 g/mol. The molecule has 2 unspecified atom stereocenters. The number of benzene rings is 1. The highest BCUT2D eigenvalue weighted by Crippen LogP contribution is 2.30. The Morgan fingerprint density at radius 1 is 1.32 bits per heavy atom. The molecule has 1 amide bonds. The number of carbonyl (C=O) groups excluding carboxylic acids is 1. The smallest absolute Gasteiger partial charge is 0.407 e. The fourth-order valence-corrected chi connectivity index (χ4v) is 1.72. The van der Waals surface area contributed by atoms with Crippen molar-refractivity contribution < 1.29 is 29.6 Å². The van der Waals surface area contributed by atoms with Crippen molar-refractivity contribution in [1.29, 1.82) is 0 Å². The topological polar surface area (TPSA) is 108 Å². The van der Waals surface area contributed by atoms with Gasteiger partial charge >= 0.3 is 6.09 Å². The van der Waals surface area contributed by atoms with E-state index in [0.717, 1.165) is 0 Å². The molecule has 1 rings (SSSR count). The minimum atomic E-state index is -1.38. The van der Waals surface area contributed by atoms with Crippen molar-refractivity contribution in [2.24, 2.45) is 0 Å². The largest absolute Gasteiger partial charge is 0.508 e. The number of alkyl carbamates (subject to hydrolysis) is 1. The Kier molecular flexibility index (Phi) is 6.01. The molecule has 0 bridgehead atoms. The molecule has 0 aliphatic heterocycles. The van der Waals surface area contributed by atoms with Gasteiger partial charge in [0.05, 0.1) is 7.11 Å². The molecule has 1 aromatic rings. The molecule has 0 heterocycles. The van der Waals surface area contributed by atoms with Crippen LogP contribution in [0, 0.1) is 0 Å². The Morgan fingerprint density at radius 3 is 2.50 bits per heavy atom. The second kappa shape index (κ2) is 7.33. The van der Waals surface area contributed by atoms with Crippen LogP contribution in [0.1, 0.15) is 32.4 Å². The number of phenols is 1. The van der Waals surface area contributed by atoms with Gasteiger partial charge in [0.2, 0.25) is 0 Å². The van der Waals surface area contributed by atoms with Gasteiger partial charge in [-0.15, -0.1) is 0 Å². The molecular formula is C15H23NO6. The summed E-state index contributed by atoms with van der Waals surface area (Å²) in [5.41, 5.74) is -0.545. The first kappa shape index (κ1) is 18.1. The summed E-state index contributed by atoms with van der Waals surface area (Å²) in [6.45, 7) is 4.91. The number of hydrogen-bond donors (Lipinski definition) is 4. The third-order valence-corrected chi connectivity index (χ3v) is 2.77. The lowest BCUT2D eigenvalue weighted by molar-refractivity contribution is 0.0118. The zero-order valence-corrected chi connectivity index (χ0v) is 13.2. The van der Waals surface area contributed by atoms with E-state index in [1.54, 1.807) is 20.8 Å². The molecule has 7 nitrogen and oxygen atoms in total. The second-order valence-electron chi connectivity index (χ2n) is 5.82. The SMILES string of the molecule is COc1ccc(O)c(C(O)C(O)CNC(=O)OC(C)(C)C)c1. The van der Waals surface area contributed by atoms with Crippen molar-refractivity contribution in [2.75, 3.05) is 13.7 Å². The normalized spacial score (nSPS) is 14.1. The maximum Gasteiger partial charge on any atom is 0.407 e. The minimum absolute atomic E-state index is 0.109. The summed E-state index contributed by atoms with van der Waals surface area (Å²) in [5, 5.41) is 32.1. The van der Waals surface area contributed by atoms with E-state index in [4.69, 9.17) is 9.47 Å². The van der Waals surface area contributed by atoms with E-state index in [-0.39, 0.29) is 17.9 Å². The number of rotatable bonds is 5. The standard InChI is InChI=1S/C15H23NO6/c1-15(2,3)22-14(20)16-8-12(18)13(19)10-7-9(21-4)5-6-11(10)17/h5-7,12-13,17-19H,8H2,1-4H3,(H,16,20). The van der Waals surface area contributed by atoms with Crippen molar-refractivity contribution in [3.8, 4) is 11.5 Å². The summed E-state index contributed by atoms with van der Waals surface area (Å²) >= 11 is 0. The number of phenolic OH excluding ortho intramolecular Hbond substituents is 1. The number of aromatic hydroxyl groups is 1. The van der Waals surface area contributed by atoms with E-state index in [9.17, 15) is 20.1 Å². The van der Waals surface area contributed by atoms with E-state index in [2.05, 4.69) is 5.32 Å².